The lowest BCUT2D eigenvalue weighted by atomic mass is 9.95. The van der Waals surface area contributed by atoms with E-state index >= 15 is 0 Å². The second-order valence-electron chi connectivity index (χ2n) is 6.72. The largest absolute Gasteiger partial charge is 0.313 e. The highest BCUT2D eigenvalue weighted by Gasteiger charge is 2.35. The second kappa shape index (κ2) is 6.38. The van der Waals surface area contributed by atoms with Crippen molar-refractivity contribution in [1.29, 1.82) is 0 Å². The van der Waals surface area contributed by atoms with Gasteiger partial charge in [0.15, 0.2) is 0 Å². The maximum atomic E-state index is 3.70. The summed E-state index contributed by atoms with van der Waals surface area (Å²) >= 11 is 0. The Balaban J connectivity index is 1.56. The van der Waals surface area contributed by atoms with Gasteiger partial charge < -0.3 is 5.32 Å². The molecule has 1 aliphatic heterocycles. The average molecular weight is 250 g/mol. The van der Waals surface area contributed by atoms with Crippen LogP contribution in [-0.2, 0) is 0 Å². The van der Waals surface area contributed by atoms with Crippen molar-refractivity contribution in [2.75, 3.05) is 13.1 Å². The third-order valence-corrected chi connectivity index (χ3v) is 5.15. The Morgan fingerprint density at radius 3 is 2.00 bits per heavy atom. The van der Waals surface area contributed by atoms with E-state index in [-0.39, 0.29) is 0 Å². The molecule has 0 bridgehead atoms. The zero-order chi connectivity index (χ0) is 12.2. The SMILES string of the molecule is C1CCCC(N(CC2CCCN2)C2CC2)CCC1. The summed E-state index contributed by atoms with van der Waals surface area (Å²) in [5.74, 6) is 0. The fourth-order valence-electron chi connectivity index (χ4n) is 3.94. The lowest BCUT2D eigenvalue weighted by Gasteiger charge is -2.35. The van der Waals surface area contributed by atoms with Crippen molar-refractivity contribution >= 4 is 0 Å². The Bertz CT molecular complexity index is 235. The van der Waals surface area contributed by atoms with Crippen LogP contribution in [0.25, 0.3) is 0 Å². The topological polar surface area (TPSA) is 15.3 Å². The molecule has 0 radical (unpaired) electrons. The van der Waals surface area contributed by atoms with Crippen LogP contribution in [0.1, 0.15) is 70.6 Å². The van der Waals surface area contributed by atoms with Crippen molar-refractivity contribution in [3.05, 3.63) is 0 Å². The van der Waals surface area contributed by atoms with Gasteiger partial charge in [-0.25, -0.2) is 0 Å². The van der Waals surface area contributed by atoms with E-state index < -0.39 is 0 Å². The zero-order valence-corrected chi connectivity index (χ0v) is 11.9. The molecule has 1 N–H and O–H groups in total. The van der Waals surface area contributed by atoms with Gasteiger partial charge in [-0.1, -0.05) is 32.1 Å². The van der Waals surface area contributed by atoms with E-state index in [0.717, 1.165) is 18.1 Å². The van der Waals surface area contributed by atoms with Gasteiger partial charge in [-0.2, -0.15) is 0 Å². The second-order valence-corrected chi connectivity index (χ2v) is 6.72. The summed E-state index contributed by atoms with van der Waals surface area (Å²) in [6.45, 7) is 2.60. The number of hydrogen-bond donors (Lipinski definition) is 1. The van der Waals surface area contributed by atoms with Gasteiger partial charge in [-0.15, -0.1) is 0 Å². The Labute approximate surface area is 113 Å². The lowest BCUT2D eigenvalue weighted by Crippen LogP contribution is -2.45. The Hall–Kier alpha value is -0.0800. The van der Waals surface area contributed by atoms with Crippen molar-refractivity contribution in [2.24, 2.45) is 0 Å². The summed E-state index contributed by atoms with van der Waals surface area (Å²) < 4.78 is 0. The fraction of sp³-hybridized carbons (Fsp3) is 1.00. The molecule has 2 aliphatic carbocycles. The molecule has 0 amide bonds. The number of nitrogens with one attached hydrogen (secondary N) is 1. The molecule has 0 spiro atoms. The van der Waals surface area contributed by atoms with E-state index in [1.165, 1.54) is 83.7 Å². The molecule has 1 atom stereocenters. The predicted molar refractivity (Wildman–Crippen MR) is 76.9 cm³/mol. The average Bonchev–Trinajstić information content (AvgIpc) is 3.05. The monoisotopic (exact) mass is 250 g/mol. The molecule has 3 aliphatic rings. The maximum absolute atomic E-state index is 3.70. The van der Waals surface area contributed by atoms with E-state index in [2.05, 4.69) is 10.2 Å². The molecule has 2 saturated carbocycles. The third-order valence-electron chi connectivity index (χ3n) is 5.15. The first-order valence-electron chi connectivity index (χ1n) is 8.42. The molecular weight excluding hydrogens is 220 g/mol. The maximum Gasteiger partial charge on any atom is 0.0195 e. The van der Waals surface area contributed by atoms with Crippen LogP contribution >= 0.6 is 0 Å². The van der Waals surface area contributed by atoms with E-state index in [1.54, 1.807) is 0 Å². The van der Waals surface area contributed by atoms with Crippen LogP contribution in [0.15, 0.2) is 0 Å². The van der Waals surface area contributed by atoms with Gasteiger partial charge in [0.05, 0.1) is 0 Å². The standard InChI is InChI=1S/C16H30N2/c1-2-4-8-15(9-5-3-1)18(16-10-11-16)13-14-7-6-12-17-14/h14-17H,1-13H2. The van der Waals surface area contributed by atoms with Crippen LogP contribution in [0.4, 0.5) is 0 Å². The molecule has 0 aromatic rings. The van der Waals surface area contributed by atoms with Gasteiger partial charge in [0, 0.05) is 24.7 Å². The molecule has 3 fully saturated rings. The van der Waals surface area contributed by atoms with Gasteiger partial charge in [0.1, 0.15) is 0 Å². The first-order valence-corrected chi connectivity index (χ1v) is 8.42. The van der Waals surface area contributed by atoms with Crippen LogP contribution in [0.3, 0.4) is 0 Å². The molecule has 2 nitrogen and oxygen atoms in total. The molecule has 1 heterocycles. The molecular formula is C16H30N2. The van der Waals surface area contributed by atoms with Crippen LogP contribution < -0.4 is 5.32 Å². The summed E-state index contributed by atoms with van der Waals surface area (Å²) in [6.07, 6.45) is 16.1. The van der Waals surface area contributed by atoms with E-state index in [0.29, 0.717) is 0 Å². The van der Waals surface area contributed by atoms with Crippen molar-refractivity contribution in [2.45, 2.75) is 88.8 Å². The third kappa shape index (κ3) is 3.48. The van der Waals surface area contributed by atoms with Gasteiger partial charge in [0.2, 0.25) is 0 Å². The first kappa shape index (κ1) is 12.9. The summed E-state index contributed by atoms with van der Waals surface area (Å²) in [5.41, 5.74) is 0. The van der Waals surface area contributed by atoms with Crippen LogP contribution in [0, 0.1) is 0 Å². The molecule has 1 unspecified atom stereocenters. The fourth-order valence-corrected chi connectivity index (χ4v) is 3.94. The minimum Gasteiger partial charge on any atom is -0.313 e. The smallest absolute Gasteiger partial charge is 0.0195 e. The number of nitrogens with zero attached hydrogens (tertiary/aromatic N) is 1. The van der Waals surface area contributed by atoms with E-state index in [9.17, 15) is 0 Å². The summed E-state index contributed by atoms with van der Waals surface area (Å²) in [5, 5.41) is 3.70. The predicted octanol–water partition coefficient (Wildman–Crippen LogP) is 3.32. The Kier molecular flexibility index (Phi) is 4.58. The molecule has 18 heavy (non-hydrogen) atoms. The molecule has 104 valence electrons. The van der Waals surface area contributed by atoms with Crippen molar-refractivity contribution in [3.8, 4) is 0 Å². The summed E-state index contributed by atoms with van der Waals surface area (Å²) in [4.78, 5) is 2.91. The van der Waals surface area contributed by atoms with Crippen LogP contribution in [-0.4, -0.2) is 36.1 Å². The number of rotatable bonds is 4. The lowest BCUT2D eigenvalue weighted by molar-refractivity contribution is 0.143. The Morgan fingerprint density at radius 1 is 0.722 bits per heavy atom. The Morgan fingerprint density at radius 2 is 1.39 bits per heavy atom. The molecule has 2 heteroatoms. The van der Waals surface area contributed by atoms with Gasteiger partial charge >= 0.3 is 0 Å². The van der Waals surface area contributed by atoms with Crippen LogP contribution in [0.5, 0.6) is 0 Å². The van der Waals surface area contributed by atoms with Crippen molar-refractivity contribution < 1.29 is 0 Å². The summed E-state index contributed by atoms with van der Waals surface area (Å²) in [6, 6.07) is 2.67. The van der Waals surface area contributed by atoms with Crippen LogP contribution in [0.2, 0.25) is 0 Å². The highest BCUT2D eigenvalue weighted by Crippen LogP contribution is 2.33. The minimum atomic E-state index is 0.802. The molecule has 3 rings (SSSR count). The highest BCUT2D eigenvalue weighted by atomic mass is 15.2. The molecule has 1 saturated heterocycles. The highest BCUT2D eigenvalue weighted by molar-refractivity contribution is 4.92. The zero-order valence-electron chi connectivity index (χ0n) is 11.9. The van der Waals surface area contributed by atoms with Gasteiger partial charge in [-0.05, 0) is 45.1 Å². The van der Waals surface area contributed by atoms with E-state index in [1.807, 2.05) is 0 Å². The quantitative estimate of drug-likeness (QED) is 0.823. The molecule has 0 aromatic heterocycles. The summed E-state index contributed by atoms with van der Waals surface area (Å²) in [7, 11) is 0. The van der Waals surface area contributed by atoms with Gasteiger partial charge in [-0.3, -0.25) is 4.90 Å². The van der Waals surface area contributed by atoms with Crippen molar-refractivity contribution in [1.82, 2.24) is 10.2 Å². The van der Waals surface area contributed by atoms with Gasteiger partial charge in [0.25, 0.3) is 0 Å². The first-order chi connectivity index (χ1) is 8.93. The van der Waals surface area contributed by atoms with Crippen molar-refractivity contribution in [3.63, 3.8) is 0 Å². The normalized spacial score (nSPS) is 31.5. The number of hydrogen-bond acceptors (Lipinski definition) is 2. The van der Waals surface area contributed by atoms with E-state index in [4.69, 9.17) is 0 Å². The molecule has 0 aromatic carbocycles. The minimum absolute atomic E-state index is 0.802.